The Morgan fingerprint density at radius 1 is 1.54 bits per heavy atom. The summed E-state index contributed by atoms with van der Waals surface area (Å²) in [6.07, 6.45) is 10.2. The van der Waals surface area contributed by atoms with Gasteiger partial charge in [0.15, 0.2) is 0 Å². The van der Waals surface area contributed by atoms with Gasteiger partial charge < -0.3 is 5.73 Å². The van der Waals surface area contributed by atoms with Crippen LogP contribution in [0.2, 0.25) is 0 Å². The van der Waals surface area contributed by atoms with Crippen molar-refractivity contribution in [2.24, 2.45) is 5.73 Å². The van der Waals surface area contributed by atoms with E-state index in [2.05, 4.69) is 30.4 Å². The Labute approximate surface area is 79.2 Å². The minimum absolute atomic E-state index is 0.727. The van der Waals surface area contributed by atoms with Crippen LogP contribution in [0.25, 0.3) is 0 Å². The smallest absolute Gasteiger partial charge is 0.0524 e. The molecule has 0 radical (unpaired) electrons. The summed E-state index contributed by atoms with van der Waals surface area (Å²) in [5, 5.41) is 4.19. The molecular formula is C10H17N3. The van der Waals surface area contributed by atoms with Crippen LogP contribution >= 0.6 is 0 Å². The van der Waals surface area contributed by atoms with Gasteiger partial charge in [-0.2, -0.15) is 5.10 Å². The molecule has 1 rings (SSSR count). The zero-order chi connectivity index (χ0) is 9.52. The van der Waals surface area contributed by atoms with E-state index in [1.165, 1.54) is 5.56 Å². The molecule has 0 aliphatic rings. The van der Waals surface area contributed by atoms with Gasteiger partial charge in [0.2, 0.25) is 0 Å². The average molecular weight is 179 g/mol. The van der Waals surface area contributed by atoms with Crippen molar-refractivity contribution in [1.82, 2.24) is 9.78 Å². The summed E-state index contributed by atoms with van der Waals surface area (Å²) >= 11 is 0. The molecule has 1 aromatic heterocycles. The van der Waals surface area contributed by atoms with E-state index in [0.717, 1.165) is 25.9 Å². The quantitative estimate of drug-likeness (QED) is 0.693. The zero-order valence-corrected chi connectivity index (χ0v) is 8.11. The van der Waals surface area contributed by atoms with E-state index in [9.17, 15) is 0 Å². The van der Waals surface area contributed by atoms with Crippen molar-refractivity contribution in [3.63, 3.8) is 0 Å². The number of hydrogen-bond donors (Lipinski definition) is 1. The Hall–Kier alpha value is -1.09. The maximum atomic E-state index is 5.37. The molecule has 3 heteroatoms. The molecule has 72 valence electrons. The lowest BCUT2D eigenvalue weighted by Crippen LogP contribution is -1.95. The zero-order valence-electron chi connectivity index (χ0n) is 8.11. The normalized spacial score (nSPS) is 11.2. The van der Waals surface area contributed by atoms with Crippen molar-refractivity contribution in [1.29, 1.82) is 0 Å². The Kier molecular flexibility index (Phi) is 4.26. The van der Waals surface area contributed by atoms with Crippen LogP contribution in [0.1, 0.15) is 18.9 Å². The minimum Gasteiger partial charge on any atom is -0.330 e. The second-order valence-corrected chi connectivity index (χ2v) is 2.96. The maximum Gasteiger partial charge on any atom is 0.0524 e. The summed E-state index contributed by atoms with van der Waals surface area (Å²) in [5.41, 5.74) is 6.63. The number of hydrogen-bond acceptors (Lipinski definition) is 2. The summed E-state index contributed by atoms with van der Waals surface area (Å²) in [7, 11) is 0. The predicted molar refractivity (Wildman–Crippen MR) is 54.4 cm³/mol. The highest BCUT2D eigenvalue weighted by atomic mass is 15.3. The first-order chi connectivity index (χ1) is 6.36. The van der Waals surface area contributed by atoms with Crippen LogP contribution in [0.15, 0.2) is 24.5 Å². The van der Waals surface area contributed by atoms with Gasteiger partial charge in [-0.25, -0.2) is 0 Å². The third kappa shape index (κ3) is 3.42. The largest absolute Gasteiger partial charge is 0.330 e. The fourth-order valence-corrected chi connectivity index (χ4v) is 1.12. The van der Waals surface area contributed by atoms with Crippen molar-refractivity contribution >= 4 is 0 Å². The first kappa shape index (κ1) is 9.99. The lowest BCUT2D eigenvalue weighted by molar-refractivity contribution is 0.659. The molecule has 1 aromatic rings. The number of nitrogens with two attached hydrogens (primary N) is 1. The van der Waals surface area contributed by atoms with E-state index in [1.807, 2.05) is 10.9 Å². The number of aromatic nitrogens is 2. The summed E-state index contributed by atoms with van der Waals surface area (Å²) < 4.78 is 1.94. The lowest BCUT2D eigenvalue weighted by atomic mass is 10.2. The molecule has 0 aliphatic heterocycles. The molecule has 0 aromatic carbocycles. The standard InChI is InChI=1S/C10H17N3/c1-2-13-9-10(8-12-13)6-4-3-5-7-11/h3-4,8-9H,2,5-7,11H2,1H3. The Morgan fingerprint density at radius 3 is 3.00 bits per heavy atom. The van der Waals surface area contributed by atoms with E-state index in [1.54, 1.807) is 0 Å². The van der Waals surface area contributed by atoms with Crippen molar-refractivity contribution in [3.8, 4) is 0 Å². The number of rotatable bonds is 5. The highest BCUT2D eigenvalue weighted by Gasteiger charge is 1.93. The Balaban J connectivity index is 2.36. The molecule has 0 saturated carbocycles. The summed E-state index contributed by atoms with van der Waals surface area (Å²) in [6, 6.07) is 0. The van der Waals surface area contributed by atoms with Crippen LogP contribution < -0.4 is 5.73 Å². The molecule has 2 N–H and O–H groups in total. The maximum absolute atomic E-state index is 5.37. The van der Waals surface area contributed by atoms with Crippen LogP contribution in [-0.2, 0) is 13.0 Å². The van der Waals surface area contributed by atoms with Gasteiger partial charge in [-0.15, -0.1) is 0 Å². The van der Waals surface area contributed by atoms with E-state index >= 15 is 0 Å². The van der Waals surface area contributed by atoms with Crippen LogP contribution in [-0.4, -0.2) is 16.3 Å². The highest BCUT2D eigenvalue weighted by Crippen LogP contribution is 1.99. The van der Waals surface area contributed by atoms with Gasteiger partial charge in [-0.3, -0.25) is 4.68 Å². The van der Waals surface area contributed by atoms with Gasteiger partial charge in [-0.1, -0.05) is 12.2 Å². The van der Waals surface area contributed by atoms with Crippen molar-refractivity contribution in [2.45, 2.75) is 26.3 Å². The summed E-state index contributed by atoms with van der Waals surface area (Å²) in [5.74, 6) is 0. The molecule has 0 spiro atoms. The van der Waals surface area contributed by atoms with Crippen molar-refractivity contribution in [2.75, 3.05) is 6.54 Å². The number of nitrogens with zero attached hydrogens (tertiary/aromatic N) is 2. The third-order valence-corrected chi connectivity index (χ3v) is 1.86. The lowest BCUT2D eigenvalue weighted by Gasteiger charge is -1.90. The molecule has 0 atom stereocenters. The van der Waals surface area contributed by atoms with Gasteiger partial charge in [0.05, 0.1) is 6.20 Å². The van der Waals surface area contributed by atoms with E-state index < -0.39 is 0 Å². The van der Waals surface area contributed by atoms with Gasteiger partial charge in [0, 0.05) is 12.7 Å². The van der Waals surface area contributed by atoms with E-state index in [4.69, 9.17) is 5.73 Å². The summed E-state index contributed by atoms with van der Waals surface area (Å²) in [4.78, 5) is 0. The van der Waals surface area contributed by atoms with Crippen molar-refractivity contribution in [3.05, 3.63) is 30.1 Å². The average Bonchev–Trinajstić information content (AvgIpc) is 2.60. The van der Waals surface area contributed by atoms with Crippen LogP contribution in [0, 0.1) is 0 Å². The van der Waals surface area contributed by atoms with Gasteiger partial charge in [-0.05, 0) is 31.9 Å². The molecular weight excluding hydrogens is 162 g/mol. The first-order valence-electron chi connectivity index (χ1n) is 4.73. The van der Waals surface area contributed by atoms with E-state index in [-0.39, 0.29) is 0 Å². The summed E-state index contributed by atoms with van der Waals surface area (Å²) in [6.45, 7) is 3.75. The molecule has 0 saturated heterocycles. The topological polar surface area (TPSA) is 43.8 Å². The fourth-order valence-electron chi connectivity index (χ4n) is 1.12. The second kappa shape index (κ2) is 5.54. The Bertz CT molecular complexity index is 263. The predicted octanol–water partition coefficient (Wildman–Crippen LogP) is 1.35. The van der Waals surface area contributed by atoms with Gasteiger partial charge >= 0.3 is 0 Å². The van der Waals surface area contributed by atoms with Gasteiger partial charge in [0.1, 0.15) is 0 Å². The molecule has 13 heavy (non-hydrogen) atoms. The first-order valence-corrected chi connectivity index (χ1v) is 4.73. The highest BCUT2D eigenvalue weighted by molar-refractivity contribution is 5.08. The van der Waals surface area contributed by atoms with Crippen LogP contribution in [0.4, 0.5) is 0 Å². The molecule has 1 heterocycles. The van der Waals surface area contributed by atoms with Crippen LogP contribution in [0.3, 0.4) is 0 Å². The van der Waals surface area contributed by atoms with Crippen molar-refractivity contribution < 1.29 is 0 Å². The Morgan fingerprint density at radius 2 is 2.38 bits per heavy atom. The fraction of sp³-hybridized carbons (Fsp3) is 0.500. The minimum atomic E-state index is 0.727. The number of aryl methyl sites for hydroxylation is 1. The molecule has 0 bridgehead atoms. The monoisotopic (exact) mass is 179 g/mol. The molecule has 0 unspecified atom stereocenters. The SMILES string of the molecule is CCn1cc(CC=CCCN)cn1. The second-order valence-electron chi connectivity index (χ2n) is 2.96. The van der Waals surface area contributed by atoms with E-state index in [0.29, 0.717) is 0 Å². The third-order valence-electron chi connectivity index (χ3n) is 1.86. The van der Waals surface area contributed by atoms with Gasteiger partial charge in [0.25, 0.3) is 0 Å². The van der Waals surface area contributed by atoms with Crippen LogP contribution in [0.5, 0.6) is 0 Å². The molecule has 0 amide bonds. The number of allylic oxidation sites excluding steroid dienone is 1. The molecule has 0 aliphatic carbocycles. The molecule has 3 nitrogen and oxygen atoms in total. The molecule has 0 fully saturated rings.